The standard InChI is InChI=1S/C16H17NO8/c1-9(18)25-13(15(20)21)12-14(19)17(6-7-24-12)11-5-3-4-10(8-11)16(22)23-2/h3-5,8,12-13H,6-7H2,1-2H3,(H,20,21)/t12-,13-/m1/s1. The molecule has 1 N–H and O–H groups in total. The number of nitrogens with zero attached hydrogens (tertiary/aromatic N) is 1. The third kappa shape index (κ3) is 4.13. The van der Waals surface area contributed by atoms with Crippen LogP contribution in [0.4, 0.5) is 5.69 Å². The topological polar surface area (TPSA) is 119 Å². The molecule has 0 bridgehead atoms. The van der Waals surface area contributed by atoms with Gasteiger partial charge in [-0.1, -0.05) is 6.07 Å². The summed E-state index contributed by atoms with van der Waals surface area (Å²) in [6, 6.07) is 6.14. The molecule has 9 heteroatoms. The second-order valence-corrected chi connectivity index (χ2v) is 5.19. The molecule has 1 aromatic rings. The molecule has 2 rings (SSSR count). The summed E-state index contributed by atoms with van der Waals surface area (Å²) in [6.45, 7) is 1.25. The highest BCUT2D eigenvalue weighted by Crippen LogP contribution is 2.23. The Morgan fingerprint density at radius 1 is 1.36 bits per heavy atom. The molecular weight excluding hydrogens is 334 g/mol. The predicted molar refractivity (Wildman–Crippen MR) is 83.1 cm³/mol. The monoisotopic (exact) mass is 351 g/mol. The van der Waals surface area contributed by atoms with Crippen LogP contribution in [0.15, 0.2) is 24.3 Å². The van der Waals surface area contributed by atoms with Crippen LogP contribution in [0.25, 0.3) is 0 Å². The maximum atomic E-state index is 12.6. The molecule has 0 aliphatic carbocycles. The number of ether oxygens (including phenoxy) is 3. The third-order valence-corrected chi connectivity index (χ3v) is 3.51. The Kier molecular flexibility index (Phi) is 5.71. The van der Waals surface area contributed by atoms with E-state index in [1.54, 1.807) is 12.1 Å². The Hall–Kier alpha value is -2.94. The number of esters is 2. The molecular formula is C16H17NO8. The molecule has 0 radical (unpaired) electrons. The van der Waals surface area contributed by atoms with Gasteiger partial charge in [-0.2, -0.15) is 0 Å². The number of methoxy groups -OCH3 is 1. The number of aliphatic carboxylic acids is 1. The summed E-state index contributed by atoms with van der Waals surface area (Å²) in [5.41, 5.74) is 0.624. The van der Waals surface area contributed by atoms with Gasteiger partial charge in [-0.15, -0.1) is 0 Å². The quantitative estimate of drug-likeness (QED) is 0.748. The zero-order valence-corrected chi connectivity index (χ0v) is 13.6. The first kappa shape index (κ1) is 18.4. The van der Waals surface area contributed by atoms with Gasteiger partial charge < -0.3 is 24.2 Å². The lowest BCUT2D eigenvalue weighted by Crippen LogP contribution is -2.55. The van der Waals surface area contributed by atoms with Crippen molar-refractivity contribution in [1.82, 2.24) is 0 Å². The number of carboxylic acids is 1. The minimum atomic E-state index is -1.75. The van der Waals surface area contributed by atoms with Crippen LogP contribution in [0.5, 0.6) is 0 Å². The number of morpholine rings is 1. The van der Waals surface area contributed by atoms with E-state index in [1.807, 2.05) is 0 Å². The van der Waals surface area contributed by atoms with Crippen LogP contribution in [-0.2, 0) is 28.6 Å². The average molecular weight is 351 g/mol. The van der Waals surface area contributed by atoms with E-state index in [-0.39, 0.29) is 18.7 Å². The smallest absolute Gasteiger partial charge is 0.348 e. The summed E-state index contributed by atoms with van der Waals surface area (Å²) in [5, 5.41) is 9.21. The van der Waals surface area contributed by atoms with Gasteiger partial charge in [0.1, 0.15) is 0 Å². The van der Waals surface area contributed by atoms with Crippen LogP contribution in [0.2, 0.25) is 0 Å². The van der Waals surface area contributed by atoms with Crippen LogP contribution in [0.1, 0.15) is 17.3 Å². The van der Waals surface area contributed by atoms with E-state index in [1.165, 1.54) is 24.1 Å². The zero-order chi connectivity index (χ0) is 18.6. The van der Waals surface area contributed by atoms with Gasteiger partial charge in [-0.05, 0) is 18.2 Å². The summed E-state index contributed by atoms with van der Waals surface area (Å²) in [6.07, 6.45) is -3.23. The number of rotatable bonds is 5. The lowest BCUT2D eigenvalue weighted by Gasteiger charge is -2.34. The van der Waals surface area contributed by atoms with E-state index in [2.05, 4.69) is 4.74 Å². The largest absolute Gasteiger partial charge is 0.478 e. The summed E-state index contributed by atoms with van der Waals surface area (Å²) < 4.78 is 14.6. The van der Waals surface area contributed by atoms with Crippen LogP contribution in [-0.4, -0.2) is 61.4 Å². The fourth-order valence-electron chi connectivity index (χ4n) is 2.42. The Balaban J connectivity index is 2.28. The van der Waals surface area contributed by atoms with Gasteiger partial charge in [0.05, 0.1) is 19.3 Å². The predicted octanol–water partition coefficient (Wildman–Crippen LogP) is 0.221. The molecule has 9 nitrogen and oxygen atoms in total. The van der Waals surface area contributed by atoms with Gasteiger partial charge in [0, 0.05) is 19.2 Å². The highest BCUT2D eigenvalue weighted by molar-refractivity contribution is 6.01. The van der Waals surface area contributed by atoms with E-state index in [0.717, 1.165) is 6.92 Å². The Labute approximate surface area is 143 Å². The lowest BCUT2D eigenvalue weighted by molar-refractivity contribution is -0.177. The summed E-state index contributed by atoms with van der Waals surface area (Å²) in [4.78, 5) is 48.0. The van der Waals surface area contributed by atoms with E-state index < -0.39 is 36.0 Å². The lowest BCUT2D eigenvalue weighted by atomic mass is 10.1. The molecule has 1 fully saturated rings. The highest BCUT2D eigenvalue weighted by atomic mass is 16.6. The number of amides is 1. The number of anilines is 1. The van der Waals surface area contributed by atoms with Gasteiger partial charge in [-0.3, -0.25) is 9.59 Å². The molecule has 0 aromatic heterocycles. The Morgan fingerprint density at radius 2 is 2.08 bits per heavy atom. The van der Waals surface area contributed by atoms with Crippen LogP contribution in [0.3, 0.4) is 0 Å². The first-order chi connectivity index (χ1) is 11.8. The van der Waals surface area contributed by atoms with Crippen molar-refractivity contribution in [2.75, 3.05) is 25.2 Å². The highest BCUT2D eigenvalue weighted by Gasteiger charge is 2.42. The fraction of sp³-hybridized carbons (Fsp3) is 0.375. The number of hydrogen-bond acceptors (Lipinski definition) is 7. The van der Waals surface area contributed by atoms with Crippen molar-refractivity contribution in [2.24, 2.45) is 0 Å². The summed E-state index contributed by atoms with van der Waals surface area (Å²) in [5.74, 6) is -3.57. The van der Waals surface area contributed by atoms with Gasteiger partial charge in [0.25, 0.3) is 5.91 Å². The van der Waals surface area contributed by atoms with Crippen LogP contribution in [0, 0.1) is 0 Å². The van der Waals surface area contributed by atoms with Crippen molar-refractivity contribution in [2.45, 2.75) is 19.1 Å². The third-order valence-electron chi connectivity index (χ3n) is 3.51. The number of carbonyl (C=O) groups excluding carboxylic acids is 3. The molecule has 1 saturated heterocycles. The first-order valence-corrected chi connectivity index (χ1v) is 7.36. The second kappa shape index (κ2) is 7.75. The first-order valence-electron chi connectivity index (χ1n) is 7.36. The van der Waals surface area contributed by atoms with E-state index >= 15 is 0 Å². The second-order valence-electron chi connectivity index (χ2n) is 5.19. The van der Waals surface area contributed by atoms with E-state index in [4.69, 9.17) is 9.47 Å². The van der Waals surface area contributed by atoms with Gasteiger partial charge in [0.2, 0.25) is 6.10 Å². The molecule has 1 heterocycles. The fourth-order valence-corrected chi connectivity index (χ4v) is 2.42. The van der Waals surface area contributed by atoms with Crippen LogP contribution < -0.4 is 4.90 Å². The van der Waals surface area contributed by atoms with Gasteiger partial charge >= 0.3 is 17.9 Å². The molecule has 0 saturated carbocycles. The van der Waals surface area contributed by atoms with Crippen molar-refractivity contribution < 1.29 is 38.5 Å². The number of carbonyl (C=O) groups is 4. The number of carboxylic acid groups (broad SMARTS) is 1. The van der Waals surface area contributed by atoms with E-state index in [0.29, 0.717) is 5.69 Å². The van der Waals surface area contributed by atoms with Crippen molar-refractivity contribution in [3.8, 4) is 0 Å². The molecule has 0 unspecified atom stereocenters. The molecule has 2 atom stereocenters. The van der Waals surface area contributed by atoms with Crippen molar-refractivity contribution in [3.05, 3.63) is 29.8 Å². The molecule has 0 spiro atoms. The Bertz CT molecular complexity index is 701. The maximum Gasteiger partial charge on any atom is 0.348 e. The van der Waals surface area contributed by atoms with Crippen molar-refractivity contribution >= 4 is 29.5 Å². The van der Waals surface area contributed by atoms with E-state index in [9.17, 15) is 24.3 Å². The number of hydrogen-bond donors (Lipinski definition) is 1. The maximum absolute atomic E-state index is 12.6. The molecule has 1 amide bonds. The normalized spacial score (nSPS) is 18.4. The average Bonchev–Trinajstić information content (AvgIpc) is 2.59. The molecule has 1 aliphatic heterocycles. The molecule has 134 valence electrons. The summed E-state index contributed by atoms with van der Waals surface area (Å²) in [7, 11) is 1.24. The minimum absolute atomic E-state index is 0.0455. The van der Waals surface area contributed by atoms with Crippen molar-refractivity contribution in [1.29, 1.82) is 0 Å². The molecule has 1 aliphatic rings. The summed E-state index contributed by atoms with van der Waals surface area (Å²) >= 11 is 0. The SMILES string of the molecule is COC(=O)c1cccc(N2CCO[C@H]([C@@H](OC(C)=O)C(=O)O)C2=O)c1. The van der Waals surface area contributed by atoms with Gasteiger partial charge in [-0.25, -0.2) is 9.59 Å². The molecule has 25 heavy (non-hydrogen) atoms. The van der Waals surface area contributed by atoms with Crippen LogP contribution >= 0.6 is 0 Å². The number of benzene rings is 1. The van der Waals surface area contributed by atoms with Crippen molar-refractivity contribution in [3.63, 3.8) is 0 Å². The zero-order valence-electron chi connectivity index (χ0n) is 13.6. The van der Waals surface area contributed by atoms with Gasteiger partial charge in [0.15, 0.2) is 6.10 Å². The molecule has 1 aromatic carbocycles. The minimum Gasteiger partial charge on any atom is -0.478 e. The Morgan fingerprint density at radius 3 is 2.68 bits per heavy atom.